The Labute approximate surface area is 234 Å². The summed E-state index contributed by atoms with van der Waals surface area (Å²) in [5.41, 5.74) is 0.302. The van der Waals surface area contributed by atoms with Gasteiger partial charge in [0.25, 0.3) is 0 Å². The predicted molar refractivity (Wildman–Crippen MR) is 147 cm³/mol. The molecular formula is C31H36O9. The van der Waals surface area contributed by atoms with Gasteiger partial charge in [0, 0.05) is 6.08 Å². The first kappa shape index (κ1) is 30.4. The van der Waals surface area contributed by atoms with Crippen molar-refractivity contribution in [2.45, 2.75) is 51.4 Å². The highest BCUT2D eigenvalue weighted by Gasteiger charge is 2.32. The summed E-state index contributed by atoms with van der Waals surface area (Å²) in [6.45, 7) is 4.32. The van der Waals surface area contributed by atoms with Gasteiger partial charge in [0.15, 0.2) is 6.29 Å². The zero-order valence-corrected chi connectivity index (χ0v) is 22.8. The summed E-state index contributed by atoms with van der Waals surface area (Å²) in [6.07, 6.45) is 7.47. The standard InChI is InChI=1S/C31H36O9/c1-3-29(33)38-19-7-5-4-6-18-37-25-12-14-26(15-13-25)39-30(34)22-8-10-23(11-9-22)31(35)40-27-16-17-28(36-2)24(20-27)21-32/h3,12-17,20-23H,1,4-11,18-19H2,2H3. The zero-order chi connectivity index (χ0) is 28.7. The number of ether oxygens (including phenoxy) is 5. The van der Waals surface area contributed by atoms with Gasteiger partial charge in [0.05, 0.1) is 37.7 Å². The van der Waals surface area contributed by atoms with Crippen LogP contribution in [0.1, 0.15) is 61.7 Å². The van der Waals surface area contributed by atoms with E-state index in [4.69, 9.17) is 23.7 Å². The molecule has 40 heavy (non-hydrogen) atoms. The number of esters is 3. The Hall–Kier alpha value is -4.14. The van der Waals surface area contributed by atoms with Crippen LogP contribution < -0.4 is 18.9 Å². The van der Waals surface area contributed by atoms with Crippen molar-refractivity contribution in [2.75, 3.05) is 20.3 Å². The number of aldehydes is 1. The highest BCUT2D eigenvalue weighted by molar-refractivity contribution is 5.82. The Kier molecular flexibility index (Phi) is 12.2. The van der Waals surface area contributed by atoms with Gasteiger partial charge in [-0.1, -0.05) is 6.58 Å². The summed E-state index contributed by atoms with van der Waals surface area (Å²) >= 11 is 0. The summed E-state index contributed by atoms with van der Waals surface area (Å²) < 4.78 is 26.8. The molecule has 0 atom stereocenters. The molecule has 1 aliphatic carbocycles. The first-order valence-corrected chi connectivity index (χ1v) is 13.5. The molecule has 1 fully saturated rings. The summed E-state index contributed by atoms with van der Waals surface area (Å²) in [6, 6.07) is 11.6. The molecule has 214 valence electrons. The van der Waals surface area contributed by atoms with Crippen LogP contribution in [0.25, 0.3) is 0 Å². The Morgan fingerprint density at radius 3 is 1.93 bits per heavy atom. The van der Waals surface area contributed by atoms with Gasteiger partial charge in [-0.3, -0.25) is 14.4 Å². The molecule has 0 amide bonds. The molecule has 0 heterocycles. The quantitative estimate of drug-likeness (QED) is 0.0929. The Balaban J connectivity index is 1.33. The molecular weight excluding hydrogens is 516 g/mol. The lowest BCUT2D eigenvalue weighted by molar-refractivity contribution is -0.145. The Morgan fingerprint density at radius 2 is 1.35 bits per heavy atom. The van der Waals surface area contributed by atoms with E-state index in [1.54, 1.807) is 36.4 Å². The van der Waals surface area contributed by atoms with Crippen LogP contribution >= 0.6 is 0 Å². The third-order valence-electron chi connectivity index (χ3n) is 6.70. The molecule has 0 saturated heterocycles. The third-order valence-corrected chi connectivity index (χ3v) is 6.70. The number of hydrogen-bond acceptors (Lipinski definition) is 9. The number of rotatable bonds is 15. The average molecular weight is 553 g/mol. The molecule has 0 unspecified atom stereocenters. The molecule has 1 aliphatic rings. The molecule has 2 aromatic carbocycles. The maximum atomic E-state index is 12.7. The average Bonchev–Trinajstić information content (AvgIpc) is 2.99. The van der Waals surface area contributed by atoms with Gasteiger partial charge in [-0.15, -0.1) is 0 Å². The normalized spacial score (nSPS) is 16.3. The van der Waals surface area contributed by atoms with E-state index in [2.05, 4.69) is 6.58 Å². The fraction of sp³-hybridized carbons (Fsp3) is 0.419. The molecule has 0 spiro atoms. The molecule has 3 rings (SSSR count). The molecule has 9 nitrogen and oxygen atoms in total. The van der Waals surface area contributed by atoms with Crippen molar-refractivity contribution in [1.82, 2.24) is 0 Å². The lowest BCUT2D eigenvalue weighted by atomic mass is 9.82. The summed E-state index contributed by atoms with van der Waals surface area (Å²) in [4.78, 5) is 47.5. The van der Waals surface area contributed by atoms with Crippen LogP contribution in [0.15, 0.2) is 55.1 Å². The van der Waals surface area contributed by atoms with E-state index in [1.165, 1.54) is 13.2 Å². The minimum absolute atomic E-state index is 0.283. The van der Waals surface area contributed by atoms with Gasteiger partial charge in [0.1, 0.15) is 23.0 Å². The maximum Gasteiger partial charge on any atom is 0.330 e. The summed E-state index contributed by atoms with van der Waals surface area (Å²) in [7, 11) is 1.46. The van der Waals surface area contributed by atoms with Gasteiger partial charge in [0.2, 0.25) is 0 Å². The van der Waals surface area contributed by atoms with Gasteiger partial charge in [-0.2, -0.15) is 0 Å². The second-order valence-electron chi connectivity index (χ2n) is 9.52. The second kappa shape index (κ2) is 16.1. The van der Waals surface area contributed by atoms with E-state index < -0.39 is 5.97 Å². The number of benzene rings is 2. The van der Waals surface area contributed by atoms with E-state index >= 15 is 0 Å². The van der Waals surface area contributed by atoms with Crippen LogP contribution in [-0.4, -0.2) is 44.5 Å². The van der Waals surface area contributed by atoms with Crippen LogP contribution in [0.4, 0.5) is 0 Å². The van der Waals surface area contributed by atoms with Crippen molar-refractivity contribution < 1.29 is 42.9 Å². The number of hydrogen-bond donors (Lipinski definition) is 0. The molecule has 2 aromatic rings. The minimum atomic E-state index is -0.398. The smallest absolute Gasteiger partial charge is 0.330 e. The van der Waals surface area contributed by atoms with Crippen molar-refractivity contribution in [3.05, 3.63) is 60.7 Å². The van der Waals surface area contributed by atoms with Crippen LogP contribution in [0.5, 0.6) is 23.0 Å². The van der Waals surface area contributed by atoms with Crippen LogP contribution in [0.3, 0.4) is 0 Å². The second-order valence-corrected chi connectivity index (χ2v) is 9.52. The van der Waals surface area contributed by atoms with Crippen LogP contribution in [-0.2, 0) is 19.1 Å². The van der Waals surface area contributed by atoms with Crippen molar-refractivity contribution in [3.63, 3.8) is 0 Å². The first-order valence-electron chi connectivity index (χ1n) is 13.5. The van der Waals surface area contributed by atoms with Gasteiger partial charge in [-0.05, 0) is 93.8 Å². The third kappa shape index (κ3) is 9.55. The van der Waals surface area contributed by atoms with Crippen molar-refractivity contribution in [1.29, 1.82) is 0 Å². The van der Waals surface area contributed by atoms with E-state index in [0.717, 1.165) is 31.8 Å². The van der Waals surface area contributed by atoms with E-state index in [9.17, 15) is 19.2 Å². The Bertz CT molecular complexity index is 1150. The highest BCUT2D eigenvalue weighted by atomic mass is 16.5. The fourth-order valence-electron chi connectivity index (χ4n) is 4.42. The lowest BCUT2D eigenvalue weighted by Crippen LogP contribution is -2.30. The number of methoxy groups -OCH3 is 1. The number of unbranched alkanes of at least 4 members (excludes halogenated alkanes) is 3. The maximum absolute atomic E-state index is 12.7. The minimum Gasteiger partial charge on any atom is -0.496 e. The van der Waals surface area contributed by atoms with E-state index in [0.29, 0.717) is 68.0 Å². The highest BCUT2D eigenvalue weighted by Crippen LogP contribution is 2.32. The van der Waals surface area contributed by atoms with Crippen molar-refractivity contribution in [3.8, 4) is 23.0 Å². The van der Waals surface area contributed by atoms with Gasteiger partial charge in [-0.25, -0.2) is 4.79 Å². The SMILES string of the molecule is C=CC(=O)OCCCCCCOc1ccc(OC(=O)C2CCC(C(=O)Oc3ccc(OC)c(C=O)c3)CC2)cc1. The molecule has 9 heteroatoms. The molecule has 1 saturated carbocycles. The van der Waals surface area contributed by atoms with Gasteiger partial charge < -0.3 is 23.7 Å². The molecule has 0 N–H and O–H groups in total. The fourth-order valence-corrected chi connectivity index (χ4v) is 4.42. The monoisotopic (exact) mass is 552 g/mol. The van der Waals surface area contributed by atoms with Crippen LogP contribution in [0, 0.1) is 11.8 Å². The summed E-state index contributed by atoms with van der Waals surface area (Å²) in [5.74, 6) is 0.123. The molecule has 0 bridgehead atoms. The molecule has 0 aromatic heterocycles. The summed E-state index contributed by atoms with van der Waals surface area (Å²) in [5, 5.41) is 0. The van der Waals surface area contributed by atoms with E-state index in [1.807, 2.05) is 0 Å². The predicted octanol–water partition coefficient (Wildman–Crippen LogP) is 5.49. The first-order chi connectivity index (χ1) is 19.4. The van der Waals surface area contributed by atoms with Gasteiger partial charge >= 0.3 is 17.9 Å². The molecule has 0 aliphatic heterocycles. The van der Waals surface area contributed by atoms with Crippen molar-refractivity contribution >= 4 is 24.2 Å². The lowest BCUT2D eigenvalue weighted by Gasteiger charge is -2.25. The van der Waals surface area contributed by atoms with Crippen LogP contribution in [0.2, 0.25) is 0 Å². The van der Waals surface area contributed by atoms with Crippen molar-refractivity contribution in [2.24, 2.45) is 11.8 Å². The Morgan fingerprint density at radius 1 is 0.800 bits per heavy atom. The topological polar surface area (TPSA) is 114 Å². The molecule has 0 radical (unpaired) electrons. The number of carbonyl (C=O) groups is 4. The largest absolute Gasteiger partial charge is 0.496 e. The number of carbonyl (C=O) groups excluding carboxylic acids is 4. The van der Waals surface area contributed by atoms with E-state index in [-0.39, 0.29) is 29.5 Å². The zero-order valence-electron chi connectivity index (χ0n) is 22.8.